The van der Waals surface area contributed by atoms with E-state index in [2.05, 4.69) is 69.2 Å². The number of hydrogen-bond donors (Lipinski definition) is 12. The van der Waals surface area contributed by atoms with Gasteiger partial charge in [0.15, 0.2) is 0 Å². The molecule has 1 aromatic rings. The van der Waals surface area contributed by atoms with Crippen molar-refractivity contribution in [3.8, 4) is 5.75 Å². The number of benzene rings is 1. The summed E-state index contributed by atoms with van der Waals surface area (Å²) in [4.78, 5) is 145. The number of hydrogen-bond acceptors (Lipinski definition) is 13. The summed E-state index contributed by atoms with van der Waals surface area (Å²) in [5.41, 5.74) is 17.3. The van der Waals surface area contributed by atoms with Crippen molar-refractivity contribution in [2.75, 3.05) is 13.1 Å². The normalized spacial score (nSPS) is 16.8. The third-order valence-corrected chi connectivity index (χ3v) is 12.5. The quantitative estimate of drug-likeness (QED) is 0.0339. The number of nitrogens with zero attached hydrogens (tertiary/aromatic N) is 1. The second kappa shape index (κ2) is 29.3. The average Bonchev–Trinajstić information content (AvgIpc) is 3.79. The van der Waals surface area contributed by atoms with Gasteiger partial charge in [-0.1, -0.05) is 0 Å². The Bertz CT molecular complexity index is 2010. The van der Waals surface area contributed by atoms with Gasteiger partial charge in [0.05, 0.1) is 0 Å². The Hall–Kier alpha value is -5.81. The Balaban J connectivity index is 2.34. The molecule has 69 heavy (non-hydrogen) atoms. The van der Waals surface area contributed by atoms with Crippen molar-refractivity contribution in [1.29, 1.82) is 0 Å². The zero-order valence-corrected chi connectivity index (χ0v) is 42.4. The van der Waals surface area contributed by atoms with Crippen molar-refractivity contribution < 1.29 is 63.0 Å². The van der Waals surface area contributed by atoms with Crippen LogP contribution in [0.4, 0.5) is 0 Å². The van der Waals surface area contributed by atoms with Crippen LogP contribution in [0.15, 0.2) is 24.3 Å². The number of rotatable bonds is 29. The fourth-order valence-corrected chi connectivity index (χ4v) is 7.89. The summed E-state index contributed by atoms with van der Waals surface area (Å²) in [5.74, 6) is -10.5. The minimum absolute atomic E-state index is 0.0370. The van der Waals surface area contributed by atoms with E-state index in [0.717, 1.165) is 0 Å². The van der Waals surface area contributed by atoms with E-state index in [4.69, 9.17) is 22.3 Å². The van der Waals surface area contributed by atoms with Crippen molar-refractivity contribution >= 4 is 97.1 Å². The Morgan fingerprint density at radius 2 is 1.30 bits per heavy atom. The maximum absolute atomic E-state index is 14.1. The molecule has 24 nitrogen and oxygen atoms in total. The van der Waals surface area contributed by atoms with E-state index < -0.39 is 145 Å². The number of aliphatic carboxylic acids is 1. The molecule has 0 bridgehead atoms. The Morgan fingerprint density at radius 3 is 1.86 bits per heavy atom. The number of phenolic OH excluding ortho intramolecular Hbond substituents is 1. The maximum atomic E-state index is 14.1. The van der Waals surface area contributed by atoms with E-state index in [-0.39, 0.29) is 48.1 Å². The summed E-state index contributed by atoms with van der Waals surface area (Å²) in [6.45, 7) is 6.38. The third-order valence-electron chi connectivity index (χ3n) is 11.0. The summed E-state index contributed by atoms with van der Waals surface area (Å²) in [6, 6.07) is -4.66. The van der Waals surface area contributed by atoms with Crippen LogP contribution in [-0.4, -0.2) is 174 Å². The van der Waals surface area contributed by atoms with Crippen LogP contribution in [0, 0.1) is 11.8 Å². The SMILES string of the molecule is CC[C@H](C)[C@H](NC(=O)[C@H](Cc1ccc(O)cc1)NC(=O)[C@@H](N)C[Se])C(=O)N[C@@H](CCC(N)=O)C(=O)N[C@@H](CC(N)=O)C(=O)N[C@@H](C[Se])C(=O)N1CCC[C@H]1C(=O)N[C@@H](CC(C)C)C(=O)NCC(=O)O. The molecule has 10 amide bonds. The van der Waals surface area contributed by atoms with E-state index in [1.165, 1.54) is 29.2 Å². The predicted octanol–water partition coefficient (Wildman–Crippen LogP) is -4.23. The van der Waals surface area contributed by atoms with Crippen LogP contribution in [-0.2, 0) is 59.2 Å². The summed E-state index contributed by atoms with van der Waals surface area (Å²) >= 11 is 5.30. The smallest absolute Gasteiger partial charge is 0.480 e. The number of carbonyl (C=O) groups is 11. The number of carboxylic acid groups (broad SMARTS) is 1. The molecular weight excluding hydrogens is 1040 g/mol. The number of carboxylic acids is 1. The number of nitrogens with one attached hydrogen (secondary N) is 7. The number of carbonyl (C=O) groups excluding carboxylic acids is 10. The van der Waals surface area contributed by atoms with Crippen molar-refractivity contribution in [3.63, 3.8) is 0 Å². The first-order chi connectivity index (χ1) is 32.4. The summed E-state index contributed by atoms with van der Waals surface area (Å²) < 4.78 is 0. The molecule has 1 aliphatic heterocycles. The standard InChI is InChI=1S/C43H65N11O13Se2/c1-5-22(4)35(53-40(64)28(49-36(60)25(44)19-68)16-23-8-10-24(55)11-9-23)42(66)48-26(12-13-32(45)56)38(62)50-29(17-33(46)57)39(63)52-30(20-69)43(67)54-14-6-7-31(54)41(65)51-27(15-21(2)3)37(61)47-18-34(58)59/h8-11,21-22,25-31,35,55H,5-7,12-20,44H2,1-4H3,(H2,45,56)(H2,46,57)(H,47,61)(H,48,66)(H,49,60)(H,50,62)(H,51,65)(H,52,63)(H,53,64)(H,58,59)/t22-,25-,26-,27-,28-,29-,30-,31-,35-/m0/s1. The van der Waals surface area contributed by atoms with Crippen LogP contribution in [0.25, 0.3) is 0 Å². The molecule has 0 aromatic heterocycles. The molecule has 15 N–H and O–H groups in total. The predicted molar refractivity (Wildman–Crippen MR) is 249 cm³/mol. The van der Waals surface area contributed by atoms with Gasteiger partial charge in [-0.15, -0.1) is 0 Å². The van der Waals surface area contributed by atoms with Crippen molar-refractivity contribution in [1.82, 2.24) is 42.1 Å². The molecule has 9 atom stereocenters. The van der Waals surface area contributed by atoms with E-state index in [1.807, 2.05) is 0 Å². The van der Waals surface area contributed by atoms with Crippen molar-refractivity contribution in [2.45, 2.75) is 138 Å². The van der Waals surface area contributed by atoms with Crippen LogP contribution in [0.2, 0.25) is 10.6 Å². The molecule has 1 heterocycles. The van der Waals surface area contributed by atoms with Crippen LogP contribution in [0.1, 0.15) is 78.2 Å². The first-order valence-electron chi connectivity index (χ1n) is 22.3. The minimum Gasteiger partial charge on any atom is -0.480 e. The van der Waals surface area contributed by atoms with Gasteiger partial charge in [-0.2, -0.15) is 0 Å². The van der Waals surface area contributed by atoms with Gasteiger partial charge in [0.25, 0.3) is 0 Å². The number of phenols is 1. The Kier molecular flexibility index (Phi) is 25.2. The molecule has 382 valence electrons. The zero-order chi connectivity index (χ0) is 52.1. The van der Waals surface area contributed by atoms with Gasteiger partial charge < -0.3 is 5.11 Å². The van der Waals surface area contributed by atoms with Crippen LogP contribution in [0.5, 0.6) is 5.75 Å². The van der Waals surface area contributed by atoms with Gasteiger partial charge in [-0.3, -0.25) is 4.79 Å². The second-order valence-electron chi connectivity index (χ2n) is 17.1. The molecule has 1 fully saturated rings. The second-order valence-corrected chi connectivity index (χ2v) is 18.5. The molecule has 0 saturated carbocycles. The fourth-order valence-electron chi connectivity index (χ4n) is 7.09. The van der Waals surface area contributed by atoms with Crippen molar-refractivity contribution in [2.24, 2.45) is 29.0 Å². The fraction of sp³-hybridized carbons (Fsp3) is 0.605. The van der Waals surface area contributed by atoms with Gasteiger partial charge in [0.2, 0.25) is 0 Å². The van der Waals surface area contributed by atoms with E-state index in [0.29, 0.717) is 18.4 Å². The number of amides is 10. The monoisotopic (exact) mass is 1100 g/mol. The summed E-state index contributed by atoms with van der Waals surface area (Å²) in [7, 11) is 0. The number of nitrogens with two attached hydrogens (primary N) is 3. The first-order valence-corrected chi connectivity index (χ1v) is 24.7. The topological polar surface area (TPSA) is 394 Å². The summed E-state index contributed by atoms with van der Waals surface area (Å²) in [5, 5.41) is 36.2. The van der Waals surface area contributed by atoms with Crippen LogP contribution >= 0.6 is 0 Å². The minimum atomic E-state index is -1.75. The van der Waals surface area contributed by atoms with Gasteiger partial charge in [-0.05, 0) is 0 Å². The number of likely N-dealkylation sites (tertiary alicyclic amines) is 1. The van der Waals surface area contributed by atoms with Gasteiger partial charge in [-0.25, -0.2) is 0 Å². The van der Waals surface area contributed by atoms with Crippen LogP contribution in [0.3, 0.4) is 0 Å². The third kappa shape index (κ3) is 20.0. The average molecular weight is 1100 g/mol. The summed E-state index contributed by atoms with van der Waals surface area (Å²) in [6.07, 6.45) is -0.668. The van der Waals surface area contributed by atoms with Crippen LogP contribution < -0.4 is 54.4 Å². The van der Waals surface area contributed by atoms with E-state index in [9.17, 15) is 57.8 Å². The molecule has 1 saturated heterocycles. The first kappa shape index (κ1) is 59.3. The van der Waals surface area contributed by atoms with Gasteiger partial charge >= 0.3 is 408 Å². The molecule has 0 aliphatic carbocycles. The zero-order valence-electron chi connectivity index (χ0n) is 38.9. The molecule has 1 aromatic carbocycles. The molecule has 2 rings (SSSR count). The van der Waals surface area contributed by atoms with E-state index >= 15 is 0 Å². The molecule has 0 spiro atoms. The molecule has 2 radical (unpaired) electrons. The van der Waals surface area contributed by atoms with Crippen molar-refractivity contribution in [3.05, 3.63) is 29.8 Å². The number of primary amides is 2. The molecule has 0 unspecified atom stereocenters. The molecule has 1 aliphatic rings. The molecular formula is C43H65N11O13Se2. The molecule has 26 heteroatoms. The van der Waals surface area contributed by atoms with E-state index in [1.54, 1.807) is 27.7 Å². The van der Waals surface area contributed by atoms with Gasteiger partial charge in [0.1, 0.15) is 0 Å². The Labute approximate surface area is 416 Å². The van der Waals surface area contributed by atoms with Gasteiger partial charge in [0, 0.05) is 0 Å². The number of aromatic hydroxyl groups is 1. The Morgan fingerprint density at radius 1 is 0.725 bits per heavy atom.